The maximum atomic E-state index is 11.2. The quantitative estimate of drug-likeness (QED) is 0.688. The Morgan fingerprint density at radius 2 is 2.00 bits per heavy atom. The van der Waals surface area contributed by atoms with Crippen molar-refractivity contribution in [2.45, 2.75) is 18.9 Å². The van der Waals surface area contributed by atoms with Crippen LogP contribution in [-0.2, 0) is 14.8 Å². The molecular weight excluding hydrogens is 204 g/mol. The molecule has 0 aromatic heterocycles. The van der Waals surface area contributed by atoms with Crippen LogP contribution in [0, 0.1) is 0 Å². The number of nitrogens with zero attached hydrogens (tertiary/aromatic N) is 1. The van der Waals surface area contributed by atoms with E-state index in [9.17, 15) is 8.42 Å². The van der Waals surface area contributed by atoms with Gasteiger partial charge in [0.2, 0.25) is 10.0 Å². The first kappa shape index (κ1) is 11.9. The Kier molecular flexibility index (Phi) is 4.31. The van der Waals surface area contributed by atoms with Crippen LogP contribution >= 0.6 is 0 Å². The molecule has 0 unspecified atom stereocenters. The van der Waals surface area contributed by atoms with E-state index in [1.165, 1.54) is 10.6 Å². The van der Waals surface area contributed by atoms with Gasteiger partial charge >= 0.3 is 0 Å². The van der Waals surface area contributed by atoms with Crippen LogP contribution in [0.3, 0.4) is 0 Å². The smallest absolute Gasteiger partial charge is 0.211 e. The summed E-state index contributed by atoms with van der Waals surface area (Å²) in [5.41, 5.74) is 5.31. The van der Waals surface area contributed by atoms with E-state index in [-0.39, 0.29) is 6.10 Å². The number of piperidine rings is 1. The van der Waals surface area contributed by atoms with Gasteiger partial charge in [0.15, 0.2) is 0 Å². The van der Waals surface area contributed by atoms with E-state index in [0.717, 1.165) is 12.8 Å². The summed E-state index contributed by atoms with van der Waals surface area (Å²) >= 11 is 0. The van der Waals surface area contributed by atoms with E-state index in [4.69, 9.17) is 10.5 Å². The van der Waals surface area contributed by atoms with Gasteiger partial charge in [-0.3, -0.25) is 0 Å². The first-order chi connectivity index (χ1) is 6.54. The van der Waals surface area contributed by atoms with E-state index in [1.54, 1.807) is 0 Å². The lowest BCUT2D eigenvalue weighted by Crippen LogP contribution is -2.40. The highest BCUT2D eigenvalue weighted by atomic mass is 32.2. The van der Waals surface area contributed by atoms with Crippen molar-refractivity contribution in [2.75, 3.05) is 32.5 Å². The summed E-state index contributed by atoms with van der Waals surface area (Å²) < 4.78 is 29.3. The minimum atomic E-state index is -3.02. The Morgan fingerprint density at radius 3 is 2.43 bits per heavy atom. The van der Waals surface area contributed by atoms with Crippen molar-refractivity contribution in [2.24, 2.45) is 5.73 Å². The second-order valence-electron chi connectivity index (χ2n) is 3.52. The van der Waals surface area contributed by atoms with Crippen molar-refractivity contribution in [3.63, 3.8) is 0 Å². The molecule has 0 atom stereocenters. The van der Waals surface area contributed by atoms with Gasteiger partial charge in [0.25, 0.3) is 0 Å². The van der Waals surface area contributed by atoms with Gasteiger partial charge < -0.3 is 10.5 Å². The molecule has 0 spiro atoms. The maximum absolute atomic E-state index is 11.2. The van der Waals surface area contributed by atoms with Crippen LogP contribution in [-0.4, -0.2) is 51.3 Å². The molecule has 0 aromatic carbocycles. The van der Waals surface area contributed by atoms with Gasteiger partial charge in [-0.15, -0.1) is 0 Å². The molecule has 1 heterocycles. The van der Waals surface area contributed by atoms with Crippen molar-refractivity contribution < 1.29 is 13.2 Å². The number of hydrogen-bond acceptors (Lipinski definition) is 4. The Bertz CT molecular complexity index is 258. The number of nitrogens with two attached hydrogens (primary N) is 1. The summed E-state index contributed by atoms with van der Waals surface area (Å²) in [7, 11) is -3.02. The zero-order valence-electron chi connectivity index (χ0n) is 8.48. The maximum Gasteiger partial charge on any atom is 0.211 e. The molecule has 0 aromatic rings. The van der Waals surface area contributed by atoms with Gasteiger partial charge in [-0.05, 0) is 12.8 Å². The average molecular weight is 222 g/mol. The van der Waals surface area contributed by atoms with E-state index < -0.39 is 10.0 Å². The van der Waals surface area contributed by atoms with Crippen molar-refractivity contribution in [1.29, 1.82) is 0 Å². The molecule has 0 saturated carbocycles. The minimum Gasteiger partial charge on any atom is -0.377 e. The van der Waals surface area contributed by atoms with Crippen LogP contribution in [0.4, 0.5) is 0 Å². The van der Waals surface area contributed by atoms with Crippen LogP contribution in [0.1, 0.15) is 12.8 Å². The third kappa shape index (κ3) is 3.53. The molecule has 0 amide bonds. The molecule has 84 valence electrons. The third-order valence-corrected chi connectivity index (χ3v) is 3.64. The van der Waals surface area contributed by atoms with Crippen LogP contribution in [0.5, 0.6) is 0 Å². The Balaban J connectivity index is 2.31. The molecule has 14 heavy (non-hydrogen) atoms. The fraction of sp³-hybridized carbons (Fsp3) is 1.00. The van der Waals surface area contributed by atoms with Crippen molar-refractivity contribution in [1.82, 2.24) is 4.31 Å². The van der Waals surface area contributed by atoms with Gasteiger partial charge in [-0.2, -0.15) is 0 Å². The predicted molar refractivity (Wildman–Crippen MR) is 54.4 cm³/mol. The SMILES string of the molecule is CS(=O)(=O)N1CCC(OCCN)CC1. The van der Waals surface area contributed by atoms with Gasteiger partial charge in [0, 0.05) is 19.6 Å². The highest BCUT2D eigenvalue weighted by Crippen LogP contribution is 2.15. The van der Waals surface area contributed by atoms with E-state index in [2.05, 4.69) is 0 Å². The summed E-state index contributed by atoms with van der Waals surface area (Å²) in [6, 6.07) is 0. The average Bonchev–Trinajstić information content (AvgIpc) is 2.14. The highest BCUT2D eigenvalue weighted by Gasteiger charge is 2.24. The summed E-state index contributed by atoms with van der Waals surface area (Å²) in [6.45, 7) is 2.21. The zero-order valence-corrected chi connectivity index (χ0v) is 9.29. The fourth-order valence-corrected chi connectivity index (χ4v) is 2.44. The molecule has 5 nitrogen and oxygen atoms in total. The molecule has 1 aliphatic rings. The van der Waals surface area contributed by atoms with E-state index >= 15 is 0 Å². The van der Waals surface area contributed by atoms with Crippen LogP contribution < -0.4 is 5.73 Å². The van der Waals surface area contributed by atoms with E-state index in [1.807, 2.05) is 0 Å². The first-order valence-electron chi connectivity index (χ1n) is 4.81. The van der Waals surface area contributed by atoms with Gasteiger partial charge in [-0.25, -0.2) is 12.7 Å². The van der Waals surface area contributed by atoms with Crippen molar-refractivity contribution >= 4 is 10.0 Å². The number of ether oxygens (including phenoxy) is 1. The zero-order chi connectivity index (χ0) is 10.6. The lowest BCUT2D eigenvalue weighted by atomic mass is 10.1. The Hall–Kier alpha value is -0.170. The predicted octanol–water partition coefficient (Wildman–Crippen LogP) is -0.614. The summed E-state index contributed by atoms with van der Waals surface area (Å²) in [5.74, 6) is 0. The molecule has 0 radical (unpaired) electrons. The van der Waals surface area contributed by atoms with Crippen LogP contribution in [0.2, 0.25) is 0 Å². The summed E-state index contributed by atoms with van der Waals surface area (Å²) in [5, 5.41) is 0. The van der Waals surface area contributed by atoms with Gasteiger partial charge in [0.05, 0.1) is 19.0 Å². The molecule has 1 rings (SSSR count). The molecule has 1 aliphatic heterocycles. The van der Waals surface area contributed by atoms with Gasteiger partial charge in [0.1, 0.15) is 0 Å². The van der Waals surface area contributed by atoms with Crippen LogP contribution in [0.15, 0.2) is 0 Å². The number of rotatable bonds is 4. The third-order valence-electron chi connectivity index (χ3n) is 2.34. The minimum absolute atomic E-state index is 0.177. The molecule has 0 aliphatic carbocycles. The molecule has 1 saturated heterocycles. The lowest BCUT2D eigenvalue weighted by Gasteiger charge is -2.29. The monoisotopic (exact) mass is 222 g/mol. The topological polar surface area (TPSA) is 72.6 Å². The second kappa shape index (κ2) is 5.06. The summed E-state index contributed by atoms with van der Waals surface area (Å²) in [4.78, 5) is 0. The lowest BCUT2D eigenvalue weighted by molar-refractivity contribution is 0.0258. The van der Waals surface area contributed by atoms with Crippen molar-refractivity contribution in [3.05, 3.63) is 0 Å². The highest BCUT2D eigenvalue weighted by molar-refractivity contribution is 7.88. The Labute approximate surface area is 85.3 Å². The molecule has 0 bridgehead atoms. The van der Waals surface area contributed by atoms with Gasteiger partial charge in [-0.1, -0.05) is 0 Å². The number of sulfonamides is 1. The van der Waals surface area contributed by atoms with E-state index in [0.29, 0.717) is 26.2 Å². The van der Waals surface area contributed by atoms with Crippen molar-refractivity contribution in [3.8, 4) is 0 Å². The molecule has 1 fully saturated rings. The fourth-order valence-electron chi connectivity index (χ4n) is 1.57. The normalized spacial score (nSPS) is 21.3. The molecule has 6 heteroatoms. The molecule has 2 N–H and O–H groups in total. The first-order valence-corrected chi connectivity index (χ1v) is 6.65. The largest absolute Gasteiger partial charge is 0.377 e. The number of hydrogen-bond donors (Lipinski definition) is 1. The second-order valence-corrected chi connectivity index (χ2v) is 5.50. The summed E-state index contributed by atoms with van der Waals surface area (Å²) in [6.07, 6.45) is 2.96. The standard InChI is InChI=1S/C8H18N2O3S/c1-14(11,12)10-5-2-8(3-6-10)13-7-4-9/h8H,2-7,9H2,1H3. The van der Waals surface area contributed by atoms with Crippen LogP contribution in [0.25, 0.3) is 0 Å². The molecular formula is C8H18N2O3S. The Morgan fingerprint density at radius 1 is 1.43 bits per heavy atom.